The molecule has 0 aliphatic heterocycles. The van der Waals surface area contributed by atoms with Crippen LogP contribution in [0.25, 0.3) is 0 Å². The van der Waals surface area contributed by atoms with Crippen LogP contribution in [0.15, 0.2) is 0 Å². The molecule has 0 spiro atoms. The summed E-state index contributed by atoms with van der Waals surface area (Å²) in [6, 6.07) is 0. The predicted octanol–water partition coefficient (Wildman–Crippen LogP) is 4.83. The highest BCUT2D eigenvalue weighted by atomic mass is 79.9. The van der Waals surface area contributed by atoms with Crippen LogP contribution in [0.2, 0.25) is 0 Å². The summed E-state index contributed by atoms with van der Waals surface area (Å²) >= 11 is 19.5. The Morgan fingerprint density at radius 1 is 0.415 bits per heavy atom. The molecule has 0 saturated carbocycles. The number of aliphatic hydroxyl groups is 4. The van der Waals surface area contributed by atoms with Gasteiger partial charge in [0.25, 0.3) is 0 Å². The summed E-state index contributed by atoms with van der Waals surface area (Å²) in [6.45, 7) is 9.22. The van der Waals surface area contributed by atoms with Crippen LogP contribution in [0, 0.1) is 10.8 Å². The number of halogens is 6. The Kier molecular flexibility index (Phi) is 18.2. The highest BCUT2D eigenvalue weighted by Gasteiger charge is 2.82. The van der Waals surface area contributed by atoms with Gasteiger partial charge in [-0.3, -0.25) is 28.8 Å². The fourth-order valence-electron chi connectivity index (χ4n) is 5.10. The highest BCUT2D eigenvalue weighted by molar-refractivity contribution is 9.11. The van der Waals surface area contributed by atoms with Crippen LogP contribution in [0.3, 0.4) is 0 Å². The molecule has 0 radical (unpaired) electrons. The number of alkyl halides is 6. The third-order valence-corrected chi connectivity index (χ3v) is 10.4. The van der Waals surface area contributed by atoms with E-state index in [1.807, 2.05) is 0 Å². The Labute approximate surface area is 361 Å². The molecule has 0 unspecified atom stereocenters. The summed E-state index contributed by atoms with van der Waals surface area (Å²) in [7, 11) is 0. The lowest BCUT2D eigenvalue weighted by Gasteiger charge is -2.57. The van der Waals surface area contributed by atoms with Gasteiger partial charge in [0.05, 0.1) is 62.4 Å². The van der Waals surface area contributed by atoms with Gasteiger partial charge in [-0.2, -0.15) is 0 Å². The number of carbonyl (C=O) groups is 6. The van der Waals surface area contributed by atoms with Gasteiger partial charge in [-0.15, -0.1) is 0 Å². The average molecular weight is 1150 g/mol. The van der Waals surface area contributed by atoms with Crippen LogP contribution in [-0.4, -0.2) is 132 Å². The first-order chi connectivity index (χ1) is 23.3. The minimum atomic E-state index is -3.50. The van der Waals surface area contributed by atoms with Gasteiger partial charge < -0.3 is 34.6 Å². The van der Waals surface area contributed by atoms with Crippen molar-refractivity contribution in [2.75, 3.05) is 39.6 Å². The second kappa shape index (κ2) is 18.1. The fourth-order valence-corrected chi connectivity index (χ4v) is 6.38. The Morgan fingerprint density at radius 3 is 0.830 bits per heavy atom. The molecule has 0 amide bonds. The number of ketones is 4. The monoisotopic (exact) mass is 1140 g/mol. The lowest BCUT2D eigenvalue weighted by Crippen LogP contribution is -2.83. The normalized spacial score (nSPS) is 14.5. The first-order valence-corrected chi connectivity index (χ1v) is 20.9. The molecule has 0 aromatic rings. The smallest absolute Gasteiger partial charge is 0.323 e. The zero-order chi connectivity index (χ0) is 42.8. The molecule has 0 aromatic heterocycles. The molecule has 0 rings (SSSR count). The summed E-state index contributed by atoms with van der Waals surface area (Å²) < 4.78 is 7.38. The van der Waals surface area contributed by atoms with E-state index in [4.69, 9.17) is 14.2 Å². The number of hydrogen-bond donors (Lipinski definition) is 4. The third-order valence-electron chi connectivity index (χ3n) is 8.28. The fraction of sp³-hybridized carbons (Fsp3) is 0.824. The van der Waals surface area contributed by atoms with Crippen molar-refractivity contribution < 1.29 is 63.4 Å². The zero-order valence-electron chi connectivity index (χ0n) is 32.0. The van der Waals surface area contributed by atoms with Gasteiger partial charge in [-0.05, 0) is 83.1 Å². The van der Waals surface area contributed by atoms with Crippen LogP contribution in [0.1, 0.15) is 83.1 Å². The topological polar surface area (TPSA) is 211 Å². The second-order valence-corrected chi connectivity index (χ2v) is 27.9. The molecule has 0 atom stereocenters. The number of ether oxygens (including phenoxy) is 3. The number of esters is 2. The SMILES string of the molecule is CC(C)(Br)C(=O)OC(C(=O)C(C)(C)Br)(C(=O)C(C)(C)Br)C(CO)(COCC(CO)(CO)CO)C(OC(=O)C(C)(C)Br)(C(=O)C(C)(C)Br)C(=O)C(C)(C)Br. The van der Waals surface area contributed by atoms with Crippen LogP contribution in [0.4, 0.5) is 0 Å². The predicted molar refractivity (Wildman–Crippen MR) is 220 cm³/mol. The summed E-state index contributed by atoms with van der Waals surface area (Å²) in [5, 5.41) is 42.5. The second-order valence-electron chi connectivity index (χ2n) is 16.0. The average Bonchev–Trinajstić information content (AvgIpc) is 2.99. The van der Waals surface area contributed by atoms with E-state index in [2.05, 4.69) is 95.6 Å². The van der Waals surface area contributed by atoms with E-state index in [0.717, 1.165) is 0 Å². The van der Waals surface area contributed by atoms with Gasteiger partial charge in [-0.25, -0.2) is 0 Å². The van der Waals surface area contributed by atoms with E-state index in [1.165, 1.54) is 83.1 Å². The third kappa shape index (κ3) is 11.3. The lowest BCUT2D eigenvalue weighted by molar-refractivity contribution is -0.244. The Hall–Kier alpha value is 0.300. The van der Waals surface area contributed by atoms with E-state index >= 15 is 19.2 Å². The minimum absolute atomic E-state index is 0.796. The minimum Gasteiger partial charge on any atom is -0.441 e. The Bertz CT molecular complexity index is 1240. The first-order valence-electron chi connectivity index (χ1n) is 16.1. The number of hydrogen-bond acceptors (Lipinski definition) is 13. The molecule has 0 saturated heterocycles. The molecule has 53 heavy (non-hydrogen) atoms. The first kappa shape index (κ1) is 53.3. The lowest BCUT2D eigenvalue weighted by atomic mass is 9.52. The van der Waals surface area contributed by atoms with Crippen LogP contribution < -0.4 is 0 Å². The molecule has 19 heteroatoms. The van der Waals surface area contributed by atoms with Crippen LogP contribution in [0.5, 0.6) is 0 Å². The standard InChI is InChI=1S/C34H52Br6O13/c1-25(2,35)19(45)33(20(46)26(3,4)36,52-23(49)29(9,10)39)32(16-44,18-51-17-31(13-41,14-42)15-43)34(21(47)27(5,6)37,22(48)28(7,8)38)53-24(50)30(11,12)40/h41-44H,13-18H2,1-12H3. The van der Waals surface area contributed by atoms with Gasteiger partial charge in [0.2, 0.25) is 34.3 Å². The maximum absolute atomic E-state index is 15.4. The maximum atomic E-state index is 15.4. The van der Waals surface area contributed by atoms with Crippen LogP contribution in [-0.2, 0) is 43.0 Å². The van der Waals surface area contributed by atoms with Gasteiger partial charge in [0.15, 0.2) is 0 Å². The summed E-state index contributed by atoms with van der Waals surface area (Å²) in [6.07, 6.45) is 0. The maximum Gasteiger partial charge on any atom is 0.323 e. The van der Waals surface area contributed by atoms with Crippen molar-refractivity contribution >= 4 is 131 Å². The highest BCUT2D eigenvalue weighted by Crippen LogP contribution is 2.56. The van der Waals surface area contributed by atoms with Gasteiger partial charge >= 0.3 is 11.9 Å². The molecule has 308 valence electrons. The zero-order valence-corrected chi connectivity index (χ0v) is 41.5. The molecule has 13 nitrogen and oxygen atoms in total. The van der Waals surface area contributed by atoms with Crippen molar-refractivity contribution in [1.82, 2.24) is 0 Å². The van der Waals surface area contributed by atoms with E-state index in [9.17, 15) is 30.0 Å². The van der Waals surface area contributed by atoms with Crippen molar-refractivity contribution in [1.29, 1.82) is 0 Å². The molecule has 0 bridgehead atoms. The van der Waals surface area contributed by atoms with Crippen molar-refractivity contribution in [2.24, 2.45) is 10.8 Å². The van der Waals surface area contributed by atoms with E-state index in [-0.39, 0.29) is 0 Å². The number of carbonyl (C=O) groups excluding carboxylic acids is 6. The molecule has 0 aromatic carbocycles. The molecule has 0 fully saturated rings. The largest absolute Gasteiger partial charge is 0.441 e. The Balaban J connectivity index is 9.91. The van der Waals surface area contributed by atoms with E-state index in [1.54, 1.807) is 0 Å². The summed E-state index contributed by atoms with van der Waals surface area (Å²) in [5.74, 6) is -7.86. The van der Waals surface area contributed by atoms with E-state index < -0.39 is 123 Å². The molecule has 0 aliphatic carbocycles. The summed E-state index contributed by atoms with van der Waals surface area (Å²) in [4.78, 5) is 89.9. The number of aliphatic hydroxyl groups excluding tert-OH is 4. The molecule has 0 heterocycles. The molecule has 0 aliphatic rings. The van der Waals surface area contributed by atoms with Crippen molar-refractivity contribution in [3.8, 4) is 0 Å². The quantitative estimate of drug-likeness (QED) is 0.0652. The number of Topliss-reactive ketones (excluding diaryl/α,β-unsaturated/α-hetero) is 4. The van der Waals surface area contributed by atoms with Crippen molar-refractivity contribution in [2.45, 2.75) is 120 Å². The molecular formula is C34H52Br6O13. The van der Waals surface area contributed by atoms with Gasteiger partial charge in [0, 0.05) is 0 Å². The van der Waals surface area contributed by atoms with Gasteiger partial charge in [0.1, 0.15) is 14.1 Å². The number of rotatable bonds is 22. The van der Waals surface area contributed by atoms with Gasteiger partial charge in [-0.1, -0.05) is 95.6 Å². The van der Waals surface area contributed by atoms with Crippen LogP contribution >= 0.6 is 95.6 Å². The van der Waals surface area contributed by atoms with Crippen molar-refractivity contribution in [3.63, 3.8) is 0 Å². The van der Waals surface area contributed by atoms with E-state index in [0.29, 0.717) is 0 Å². The Morgan fingerprint density at radius 2 is 0.660 bits per heavy atom. The van der Waals surface area contributed by atoms with Crippen molar-refractivity contribution in [3.05, 3.63) is 0 Å². The summed E-state index contributed by atoms with van der Waals surface area (Å²) in [5.41, 5.74) is -12.1. The molecular weight excluding hydrogens is 1100 g/mol. The molecule has 4 N–H and O–H groups in total.